The smallest absolute Gasteiger partial charge is 0.142 e. The number of thiophene rings is 1. The number of hydrogen-bond acceptors (Lipinski definition) is 3. The summed E-state index contributed by atoms with van der Waals surface area (Å²) in [5.74, 6) is 0.888. The van der Waals surface area contributed by atoms with Gasteiger partial charge in [-0.3, -0.25) is 0 Å². The lowest BCUT2D eigenvalue weighted by Crippen LogP contribution is -2.00. The molecule has 0 unspecified atom stereocenters. The summed E-state index contributed by atoms with van der Waals surface area (Å²) in [6.07, 6.45) is 0. The van der Waals surface area contributed by atoms with Crippen LogP contribution in [-0.2, 0) is 6.54 Å². The molecule has 0 saturated carbocycles. The number of benzene rings is 1. The van der Waals surface area contributed by atoms with Crippen LogP contribution in [0.5, 0.6) is 5.75 Å². The van der Waals surface area contributed by atoms with Gasteiger partial charge in [0, 0.05) is 6.54 Å². The summed E-state index contributed by atoms with van der Waals surface area (Å²) in [7, 11) is 1.70. The van der Waals surface area contributed by atoms with Gasteiger partial charge in [-0.25, -0.2) is 0 Å². The molecular weight excluding hydrogens is 298 g/mol. The van der Waals surface area contributed by atoms with E-state index in [0.29, 0.717) is 0 Å². The van der Waals surface area contributed by atoms with E-state index < -0.39 is 0 Å². The number of rotatable bonds is 4. The molecule has 1 heterocycles. The highest BCUT2D eigenvalue weighted by atomic mass is 79.9. The Morgan fingerprint density at radius 2 is 2.18 bits per heavy atom. The number of anilines is 1. The molecule has 2 rings (SSSR count). The van der Waals surface area contributed by atoms with E-state index in [2.05, 4.69) is 51.7 Å². The van der Waals surface area contributed by atoms with Crippen LogP contribution in [0.1, 0.15) is 11.1 Å². The monoisotopic (exact) mass is 311 g/mol. The predicted molar refractivity (Wildman–Crippen MR) is 77.1 cm³/mol. The van der Waals surface area contributed by atoms with Crippen molar-refractivity contribution in [3.63, 3.8) is 0 Å². The molecule has 1 N–H and O–H groups in total. The second-order valence-corrected chi connectivity index (χ2v) is 6.11. The Balaban J connectivity index is 2.08. The number of halogens is 1. The minimum absolute atomic E-state index is 0.807. The molecule has 0 bridgehead atoms. The molecule has 2 nitrogen and oxygen atoms in total. The van der Waals surface area contributed by atoms with Gasteiger partial charge >= 0.3 is 0 Å². The SMILES string of the molecule is COc1cc(C)ccc1NCc1csc(Br)c1. The molecule has 1 aromatic heterocycles. The van der Waals surface area contributed by atoms with Crippen molar-refractivity contribution in [2.75, 3.05) is 12.4 Å². The van der Waals surface area contributed by atoms with Gasteiger partial charge in [0.25, 0.3) is 0 Å². The van der Waals surface area contributed by atoms with Crippen LogP contribution in [0.2, 0.25) is 0 Å². The van der Waals surface area contributed by atoms with Crippen molar-refractivity contribution in [2.24, 2.45) is 0 Å². The molecular formula is C13H14BrNOS. The van der Waals surface area contributed by atoms with Gasteiger partial charge < -0.3 is 10.1 Å². The van der Waals surface area contributed by atoms with Gasteiger partial charge in [0.15, 0.2) is 0 Å². The molecule has 4 heteroatoms. The highest BCUT2D eigenvalue weighted by Gasteiger charge is 2.03. The Kier molecular flexibility index (Phi) is 4.07. The van der Waals surface area contributed by atoms with E-state index in [-0.39, 0.29) is 0 Å². The average Bonchev–Trinajstić information content (AvgIpc) is 2.73. The predicted octanol–water partition coefficient (Wildman–Crippen LogP) is 4.44. The van der Waals surface area contributed by atoms with Crippen molar-refractivity contribution in [2.45, 2.75) is 13.5 Å². The van der Waals surface area contributed by atoms with Crippen LogP contribution in [0.25, 0.3) is 0 Å². The van der Waals surface area contributed by atoms with Crippen LogP contribution >= 0.6 is 27.3 Å². The number of methoxy groups -OCH3 is 1. The van der Waals surface area contributed by atoms with E-state index >= 15 is 0 Å². The van der Waals surface area contributed by atoms with Gasteiger partial charge in [-0.05, 0) is 57.6 Å². The zero-order chi connectivity index (χ0) is 12.3. The first-order chi connectivity index (χ1) is 8.19. The van der Waals surface area contributed by atoms with Crippen LogP contribution in [-0.4, -0.2) is 7.11 Å². The molecule has 90 valence electrons. The molecule has 0 saturated heterocycles. The second-order valence-electron chi connectivity index (χ2n) is 3.82. The van der Waals surface area contributed by atoms with Crippen LogP contribution in [0.4, 0.5) is 5.69 Å². The van der Waals surface area contributed by atoms with Gasteiger partial charge in [-0.2, -0.15) is 0 Å². The highest BCUT2D eigenvalue weighted by Crippen LogP contribution is 2.27. The summed E-state index contributed by atoms with van der Waals surface area (Å²) >= 11 is 5.16. The quantitative estimate of drug-likeness (QED) is 0.901. The zero-order valence-corrected chi connectivity index (χ0v) is 12.2. The van der Waals surface area contributed by atoms with Crippen LogP contribution in [0.3, 0.4) is 0 Å². The maximum Gasteiger partial charge on any atom is 0.142 e. The van der Waals surface area contributed by atoms with Gasteiger partial charge in [-0.15, -0.1) is 11.3 Å². The summed E-state index contributed by atoms with van der Waals surface area (Å²) in [6.45, 7) is 2.86. The normalized spacial score (nSPS) is 10.3. The van der Waals surface area contributed by atoms with Crippen molar-refractivity contribution in [3.05, 3.63) is 44.6 Å². The van der Waals surface area contributed by atoms with Crippen molar-refractivity contribution in [3.8, 4) is 5.75 Å². The second kappa shape index (κ2) is 5.56. The van der Waals surface area contributed by atoms with Gasteiger partial charge in [0.1, 0.15) is 5.75 Å². The summed E-state index contributed by atoms with van der Waals surface area (Å²) < 4.78 is 6.51. The number of hydrogen-bond donors (Lipinski definition) is 1. The Hall–Kier alpha value is -1.00. The molecule has 0 radical (unpaired) electrons. The molecule has 17 heavy (non-hydrogen) atoms. The lowest BCUT2D eigenvalue weighted by molar-refractivity contribution is 0.416. The van der Waals surface area contributed by atoms with E-state index in [4.69, 9.17) is 4.74 Å². The van der Waals surface area contributed by atoms with Gasteiger partial charge in [0.2, 0.25) is 0 Å². The van der Waals surface area contributed by atoms with Crippen molar-refractivity contribution >= 4 is 33.0 Å². The summed E-state index contributed by atoms with van der Waals surface area (Å²) in [5, 5.41) is 5.52. The fourth-order valence-corrected chi connectivity index (χ4v) is 2.79. The summed E-state index contributed by atoms with van der Waals surface area (Å²) in [6, 6.07) is 8.29. The zero-order valence-electron chi connectivity index (χ0n) is 9.79. The molecule has 0 spiro atoms. The molecule has 0 fully saturated rings. The molecule has 2 aromatic rings. The minimum atomic E-state index is 0.807. The Morgan fingerprint density at radius 3 is 2.82 bits per heavy atom. The molecule has 0 aliphatic carbocycles. The van der Waals surface area contributed by atoms with Crippen molar-refractivity contribution in [1.82, 2.24) is 0 Å². The molecule has 0 aliphatic heterocycles. The Morgan fingerprint density at radius 1 is 1.35 bits per heavy atom. The number of ether oxygens (including phenoxy) is 1. The summed E-state index contributed by atoms with van der Waals surface area (Å²) in [5.41, 5.74) is 3.50. The van der Waals surface area contributed by atoms with E-state index in [1.54, 1.807) is 18.4 Å². The summed E-state index contributed by atoms with van der Waals surface area (Å²) in [4.78, 5) is 0. The fourth-order valence-electron chi connectivity index (χ4n) is 1.58. The van der Waals surface area contributed by atoms with Gasteiger partial charge in [0.05, 0.1) is 16.6 Å². The van der Waals surface area contributed by atoms with E-state index in [0.717, 1.165) is 21.8 Å². The third kappa shape index (κ3) is 3.23. The largest absolute Gasteiger partial charge is 0.495 e. The standard InChI is InChI=1S/C13H14BrNOS/c1-9-3-4-11(12(5-9)16-2)15-7-10-6-13(14)17-8-10/h3-6,8,15H,7H2,1-2H3. The first kappa shape index (κ1) is 12.5. The third-order valence-electron chi connectivity index (χ3n) is 2.46. The van der Waals surface area contributed by atoms with Crippen molar-refractivity contribution in [1.29, 1.82) is 0 Å². The average molecular weight is 312 g/mol. The Bertz CT molecular complexity index is 510. The minimum Gasteiger partial charge on any atom is -0.495 e. The van der Waals surface area contributed by atoms with E-state index in [1.165, 1.54) is 11.1 Å². The maximum atomic E-state index is 5.35. The molecule has 0 amide bonds. The Labute approximate surface area is 114 Å². The first-order valence-electron chi connectivity index (χ1n) is 5.30. The molecule has 0 atom stereocenters. The third-order valence-corrected chi connectivity index (χ3v) is 4.02. The maximum absolute atomic E-state index is 5.35. The lowest BCUT2D eigenvalue weighted by atomic mass is 10.2. The van der Waals surface area contributed by atoms with E-state index in [9.17, 15) is 0 Å². The number of aryl methyl sites for hydroxylation is 1. The highest BCUT2D eigenvalue weighted by molar-refractivity contribution is 9.11. The number of nitrogens with one attached hydrogen (secondary N) is 1. The lowest BCUT2D eigenvalue weighted by Gasteiger charge is -2.11. The van der Waals surface area contributed by atoms with Crippen LogP contribution in [0, 0.1) is 6.92 Å². The topological polar surface area (TPSA) is 21.3 Å². The molecule has 0 aliphatic rings. The first-order valence-corrected chi connectivity index (χ1v) is 6.97. The molecule has 1 aromatic carbocycles. The van der Waals surface area contributed by atoms with Gasteiger partial charge in [-0.1, -0.05) is 6.07 Å². The van der Waals surface area contributed by atoms with Crippen LogP contribution < -0.4 is 10.1 Å². The van der Waals surface area contributed by atoms with E-state index in [1.807, 2.05) is 6.07 Å². The fraction of sp³-hybridized carbons (Fsp3) is 0.231. The van der Waals surface area contributed by atoms with Crippen LogP contribution in [0.15, 0.2) is 33.4 Å². The van der Waals surface area contributed by atoms with Crippen molar-refractivity contribution < 1.29 is 4.74 Å².